The highest BCUT2D eigenvalue weighted by Gasteiger charge is 2.30. The second kappa shape index (κ2) is 6.02. The van der Waals surface area contributed by atoms with E-state index >= 15 is 0 Å². The normalized spacial score (nSPS) is 19.6. The Kier molecular flexibility index (Phi) is 4.58. The van der Waals surface area contributed by atoms with Crippen LogP contribution in [0.2, 0.25) is 0 Å². The molecular weight excluding hydrogens is 241 g/mol. The molecule has 2 atom stereocenters. The van der Waals surface area contributed by atoms with Gasteiger partial charge in [-0.2, -0.15) is 0 Å². The Morgan fingerprint density at radius 2 is 1.79 bits per heavy atom. The maximum atomic E-state index is 14.3. The van der Waals surface area contributed by atoms with Crippen molar-refractivity contribution in [3.63, 3.8) is 0 Å². The summed E-state index contributed by atoms with van der Waals surface area (Å²) in [6.45, 7) is 8.04. The van der Waals surface area contributed by atoms with Crippen molar-refractivity contribution < 1.29 is 9.50 Å². The molecule has 2 unspecified atom stereocenters. The number of halogens is 1. The number of hydrogen-bond donors (Lipinski definition) is 1. The predicted molar refractivity (Wildman–Crippen MR) is 75.7 cm³/mol. The quantitative estimate of drug-likeness (QED) is 0.903. The summed E-state index contributed by atoms with van der Waals surface area (Å²) in [5, 5.41) is 9.49. The monoisotopic (exact) mass is 265 g/mol. The molecular formula is C16H24FNO. The molecule has 0 saturated carbocycles. The molecule has 1 saturated heterocycles. The third-order valence-electron chi connectivity index (χ3n) is 4.29. The molecule has 106 valence electrons. The van der Waals surface area contributed by atoms with Gasteiger partial charge in [-0.05, 0) is 62.9 Å². The lowest BCUT2D eigenvalue weighted by Gasteiger charge is -2.32. The Balaban J connectivity index is 2.39. The van der Waals surface area contributed by atoms with Gasteiger partial charge in [0, 0.05) is 18.2 Å². The van der Waals surface area contributed by atoms with Gasteiger partial charge in [-0.3, -0.25) is 4.90 Å². The maximum Gasteiger partial charge on any atom is 0.128 e. The SMILES string of the molecule is Cc1cc(F)c(C(C(C)CO)N2CCCC2)cc1C. The Hall–Kier alpha value is -0.930. The molecule has 0 aromatic heterocycles. The van der Waals surface area contributed by atoms with E-state index < -0.39 is 0 Å². The van der Waals surface area contributed by atoms with Crippen LogP contribution in [-0.2, 0) is 0 Å². The summed E-state index contributed by atoms with van der Waals surface area (Å²) in [7, 11) is 0. The van der Waals surface area contributed by atoms with Crippen molar-refractivity contribution in [1.29, 1.82) is 0 Å². The zero-order chi connectivity index (χ0) is 14.0. The van der Waals surface area contributed by atoms with Crippen LogP contribution >= 0.6 is 0 Å². The van der Waals surface area contributed by atoms with Crippen molar-refractivity contribution >= 4 is 0 Å². The summed E-state index contributed by atoms with van der Waals surface area (Å²) in [4.78, 5) is 2.31. The van der Waals surface area contributed by atoms with E-state index in [-0.39, 0.29) is 24.4 Å². The minimum Gasteiger partial charge on any atom is -0.396 e. The Labute approximate surface area is 115 Å². The smallest absolute Gasteiger partial charge is 0.128 e. The summed E-state index contributed by atoms with van der Waals surface area (Å²) < 4.78 is 14.3. The molecule has 2 rings (SSSR count). The molecule has 1 N–H and O–H groups in total. The first-order valence-electron chi connectivity index (χ1n) is 7.16. The molecule has 0 bridgehead atoms. The molecule has 0 spiro atoms. The first kappa shape index (κ1) is 14.5. The van der Waals surface area contributed by atoms with Gasteiger partial charge in [0.15, 0.2) is 0 Å². The fourth-order valence-corrected chi connectivity index (χ4v) is 3.01. The van der Waals surface area contributed by atoms with E-state index in [1.54, 1.807) is 6.07 Å². The zero-order valence-corrected chi connectivity index (χ0v) is 12.1. The van der Waals surface area contributed by atoms with Crippen molar-refractivity contribution in [2.75, 3.05) is 19.7 Å². The van der Waals surface area contributed by atoms with Crippen molar-refractivity contribution in [2.24, 2.45) is 5.92 Å². The van der Waals surface area contributed by atoms with Crippen LogP contribution in [0.4, 0.5) is 4.39 Å². The molecule has 2 nitrogen and oxygen atoms in total. The van der Waals surface area contributed by atoms with Gasteiger partial charge in [0.1, 0.15) is 5.82 Å². The topological polar surface area (TPSA) is 23.5 Å². The molecule has 0 aliphatic carbocycles. The Morgan fingerprint density at radius 3 is 2.37 bits per heavy atom. The first-order valence-corrected chi connectivity index (χ1v) is 7.16. The number of hydrogen-bond acceptors (Lipinski definition) is 2. The minimum absolute atomic E-state index is 0.00759. The average Bonchev–Trinajstić information content (AvgIpc) is 2.89. The third kappa shape index (κ3) is 2.98. The number of aliphatic hydroxyl groups is 1. The van der Waals surface area contributed by atoms with Crippen molar-refractivity contribution in [3.05, 3.63) is 34.6 Å². The van der Waals surface area contributed by atoms with Crippen LogP contribution in [0.5, 0.6) is 0 Å². The van der Waals surface area contributed by atoms with Crippen LogP contribution in [0, 0.1) is 25.6 Å². The average molecular weight is 265 g/mol. The van der Waals surface area contributed by atoms with Gasteiger partial charge >= 0.3 is 0 Å². The molecule has 1 fully saturated rings. The van der Waals surface area contributed by atoms with E-state index in [4.69, 9.17) is 0 Å². The molecule has 1 aliphatic rings. The van der Waals surface area contributed by atoms with Crippen LogP contribution in [0.1, 0.15) is 42.5 Å². The largest absolute Gasteiger partial charge is 0.396 e. The molecule has 0 radical (unpaired) electrons. The lowest BCUT2D eigenvalue weighted by atomic mass is 9.91. The van der Waals surface area contributed by atoms with E-state index in [9.17, 15) is 9.50 Å². The first-order chi connectivity index (χ1) is 9.04. The van der Waals surface area contributed by atoms with Crippen LogP contribution in [0.15, 0.2) is 12.1 Å². The van der Waals surface area contributed by atoms with E-state index in [0.29, 0.717) is 0 Å². The lowest BCUT2D eigenvalue weighted by Crippen LogP contribution is -2.32. The predicted octanol–water partition coefficient (Wildman–Crippen LogP) is 3.21. The van der Waals surface area contributed by atoms with Crippen LogP contribution in [-0.4, -0.2) is 29.7 Å². The highest BCUT2D eigenvalue weighted by molar-refractivity contribution is 5.33. The minimum atomic E-state index is -0.139. The van der Waals surface area contributed by atoms with Gasteiger partial charge in [0.05, 0.1) is 0 Å². The van der Waals surface area contributed by atoms with Crippen LogP contribution in [0.25, 0.3) is 0 Å². The maximum absolute atomic E-state index is 14.3. The summed E-state index contributed by atoms with van der Waals surface area (Å²) in [6.07, 6.45) is 2.34. The van der Waals surface area contributed by atoms with Crippen LogP contribution < -0.4 is 0 Å². The van der Waals surface area contributed by atoms with Gasteiger partial charge < -0.3 is 5.11 Å². The lowest BCUT2D eigenvalue weighted by molar-refractivity contribution is 0.123. The van der Waals surface area contributed by atoms with Gasteiger partial charge in [-0.25, -0.2) is 4.39 Å². The van der Waals surface area contributed by atoms with E-state index in [1.807, 2.05) is 26.8 Å². The molecule has 1 aliphatic heterocycles. The summed E-state index contributed by atoms with van der Waals surface area (Å²) in [5.41, 5.74) is 2.84. The Bertz CT molecular complexity index is 441. The number of nitrogens with zero attached hydrogens (tertiary/aromatic N) is 1. The van der Waals surface area contributed by atoms with Gasteiger partial charge in [-0.1, -0.05) is 13.0 Å². The van der Waals surface area contributed by atoms with E-state index in [2.05, 4.69) is 4.90 Å². The van der Waals surface area contributed by atoms with Crippen molar-refractivity contribution in [1.82, 2.24) is 4.90 Å². The third-order valence-corrected chi connectivity index (χ3v) is 4.29. The van der Waals surface area contributed by atoms with Crippen molar-refractivity contribution in [2.45, 2.75) is 39.7 Å². The van der Waals surface area contributed by atoms with Crippen LogP contribution in [0.3, 0.4) is 0 Å². The molecule has 1 aromatic rings. The number of benzene rings is 1. The highest BCUT2D eigenvalue weighted by atomic mass is 19.1. The van der Waals surface area contributed by atoms with Crippen molar-refractivity contribution in [3.8, 4) is 0 Å². The number of likely N-dealkylation sites (tertiary alicyclic amines) is 1. The zero-order valence-electron chi connectivity index (χ0n) is 12.1. The summed E-state index contributed by atoms with van der Waals surface area (Å²) in [6, 6.07) is 3.57. The van der Waals surface area contributed by atoms with E-state index in [1.165, 1.54) is 12.8 Å². The molecule has 19 heavy (non-hydrogen) atoms. The van der Waals surface area contributed by atoms with Gasteiger partial charge in [0.25, 0.3) is 0 Å². The van der Waals surface area contributed by atoms with Gasteiger partial charge in [0.2, 0.25) is 0 Å². The molecule has 3 heteroatoms. The summed E-state index contributed by atoms with van der Waals surface area (Å²) >= 11 is 0. The molecule has 1 aromatic carbocycles. The fraction of sp³-hybridized carbons (Fsp3) is 0.625. The number of aliphatic hydroxyl groups excluding tert-OH is 1. The summed E-state index contributed by atoms with van der Waals surface area (Å²) in [5.74, 6) is -0.0880. The van der Waals surface area contributed by atoms with E-state index in [0.717, 1.165) is 29.8 Å². The number of aryl methyl sites for hydroxylation is 2. The standard InChI is InChI=1S/C16H24FNO/c1-11-8-14(15(17)9-12(11)2)16(13(3)10-19)18-6-4-5-7-18/h8-9,13,16,19H,4-7,10H2,1-3H3. The fourth-order valence-electron chi connectivity index (χ4n) is 3.01. The Morgan fingerprint density at radius 1 is 1.21 bits per heavy atom. The highest BCUT2D eigenvalue weighted by Crippen LogP contribution is 2.34. The van der Waals surface area contributed by atoms with Gasteiger partial charge in [-0.15, -0.1) is 0 Å². The number of rotatable bonds is 4. The molecule has 0 amide bonds. The second-order valence-corrected chi connectivity index (χ2v) is 5.81. The second-order valence-electron chi connectivity index (χ2n) is 5.81. The molecule has 1 heterocycles.